The lowest BCUT2D eigenvalue weighted by molar-refractivity contribution is -0.274. The fraction of sp³-hybridized carbons (Fsp3) is 0.286. The van der Waals surface area contributed by atoms with Gasteiger partial charge in [0.2, 0.25) is 6.79 Å². The molecule has 0 radical (unpaired) electrons. The summed E-state index contributed by atoms with van der Waals surface area (Å²) >= 11 is 0. The highest BCUT2D eigenvalue weighted by molar-refractivity contribution is 5.96. The number of carbonyl (C=O) groups is 2. The van der Waals surface area contributed by atoms with Crippen molar-refractivity contribution in [1.29, 1.82) is 0 Å². The number of amides is 1. The molecule has 3 aromatic rings. The summed E-state index contributed by atoms with van der Waals surface area (Å²) in [5.41, 5.74) is 1.78. The van der Waals surface area contributed by atoms with Crippen LogP contribution in [0.2, 0.25) is 0 Å². The maximum Gasteiger partial charge on any atom is 0.573 e. The van der Waals surface area contributed by atoms with E-state index in [0.29, 0.717) is 41.0 Å². The van der Waals surface area contributed by atoms with E-state index in [0.717, 1.165) is 5.56 Å². The second-order valence-corrected chi connectivity index (χ2v) is 9.41. The summed E-state index contributed by atoms with van der Waals surface area (Å²) in [5.74, 6) is 0.607. The van der Waals surface area contributed by atoms with Crippen molar-refractivity contribution in [2.75, 3.05) is 20.9 Å². The van der Waals surface area contributed by atoms with E-state index in [1.807, 2.05) is 12.1 Å². The summed E-state index contributed by atoms with van der Waals surface area (Å²) < 4.78 is 54.4. The summed E-state index contributed by atoms with van der Waals surface area (Å²) in [6.45, 7) is 0.138. The SMILES string of the molecule is CN(C)C(=O)c1ccc(-c2cc(CC(=O)C3(c4ccc5c(c4)OCO5)CC3)ccc2OC(F)(F)F)cc1. The lowest BCUT2D eigenvalue weighted by Gasteiger charge is -2.18. The third kappa shape index (κ3) is 4.98. The van der Waals surface area contributed by atoms with E-state index in [1.54, 1.807) is 44.4 Å². The lowest BCUT2D eigenvalue weighted by Crippen LogP contribution is -2.22. The Morgan fingerprint density at radius 1 is 0.946 bits per heavy atom. The van der Waals surface area contributed by atoms with E-state index in [9.17, 15) is 22.8 Å². The smallest absolute Gasteiger partial charge is 0.454 e. The van der Waals surface area contributed by atoms with Crippen LogP contribution >= 0.6 is 0 Å². The lowest BCUT2D eigenvalue weighted by atomic mass is 9.87. The van der Waals surface area contributed by atoms with Crippen LogP contribution in [0.15, 0.2) is 60.7 Å². The first-order valence-corrected chi connectivity index (χ1v) is 11.7. The zero-order valence-corrected chi connectivity index (χ0v) is 20.2. The van der Waals surface area contributed by atoms with Crippen LogP contribution in [0, 0.1) is 0 Å². The van der Waals surface area contributed by atoms with E-state index in [-0.39, 0.29) is 36.2 Å². The van der Waals surface area contributed by atoms with E-state index in [4.69, 9.17) is 9.47 Å². The zero-order chi connectivity index (χ0) is 26.4. The number of ether oxygens (including phenoxy) is 3. The molecule has 5 rings (SSSR count). The van der Waals surface area contributed by atoms with Crippen LogP contribution in [0.5, 0.6) is 17.2 Å². The molecule has 6 nitrogen and oxygen atoms in total. The first-order chi connectivity index (χ1) is 17.6. The highest BCUT2D eigenvalue weighted by Gasteiger charge is 2.50. The van der Waals surface area contributed by atoms with Crippen LogP contribution in [-0.4, -0.2) is 43.8 Å². The van der Waals surface area contributed by atoms with Crippen molar-refractivity contribution in [3.05, 3.63) is 77.4 Å². The van der Waals surface area contributed by atoms with Gasteiger partial charge in [0.15, 0.2) is 11.5 Å². The van der Waals surface area contributed by atoms with Gasteiger partial charge >= 0.3 is 6.36 Å². The standard InChI is InChI=1S/C28H24F3NO5/c1-32(2)26(34)19-6-4-18(5-7-19)21-13-17(3-9-22(21)37-28(29,30)31)14-25(33)27(11-12-27)20-8-10-23-24(15-20)36-16-35-23/h3-10,13,15H,11-12,14,16H2,1-2H3. The van der Waals surface area contributed by atoms with Gasteiger partial charge in [-0.15, -0.1) is 13.2 Å². The molecule has 1 saturated carbocycles. The topological polar surface area (TPSA) is 65.1 Å². The summed E-state index contributed by atoms with van der Waals surface area (Å²) in [6.07, 6.45) is -3.46. The Morgan fingerprint density at radius 3 is 2.30 bits per heavy atom. The highest BCUT2D eigenvalue weighted by atomic mass is 19.4. The summed E-state index contributed by atoms with van der Waals surface area (Å²) in [4.78, 5) is 27.0. The molecule has 0 unspecified atom stereocenters. The maximum absolute atomic E-state index is 13.4. The number of hydrogen-bond donors (Lipinski definition) is 0. The Morgan fingerprint density at radius 2 is 1.65 bits per heavy atom. The van der Waals surface area contributed by atoms with Gasteiger partial charge in [0.25, 0.3) is 5.91 Å². The van der Waals surface area contributed by atoms with Crippen molar-refractivity contribution in [3.8, 4) is 28.4 Å². The van der Waals surface area contributed by atoms with Crippen molar-refractivity contribution < 1.29 is 37.0 Å². The maximum atomic E-state index is 13.4. The minimum absolute atomic E-state index is 0.0197. The molecule has 0 spiro atoms. The predicted octanol–water partition coefficient (Wildman–Crippen LogP) is 5.53. The predicted molar refractivity (Wildman–Crippen MR) is 129 cm³/mol. The number of halogens is 3. The molecular weight excluding hydrogens is 487 g/mol. The molecule has 3 aromatic carbocycles. The first kappa shape index (κ1) is 24.7. The number of hydrogen-bond acceptors (Lipinski definition) is 5. The molecule has 0 bridgehead atoms. The van der Waals surface area contributed by atoms with Crippen molar-refractivity contribution in [3.63, 3.8) is 0 Å². The Bertz CT molecular complexity index is 1360. The molecule has 37 heavy (non-hydrogen) atoms. The second-order valence-electron chi connectivity index (χ2n) is 9.41. The monoisotopic (exact) mass is 511 g/mol. The molecule has 0 N–H and O–H groups in total. The van der Waals surface area contributed by atoms with Crippen LogP contribution < -0.4 is 14.2 Å². The number of alkyl halides is 3. The molecule has 1 aliphatic heterocycles. The molecule has 0 saturated heterocycles. The van der Waals surface area contributed by atoms with Gasteiger partial charge in [-0.05, 0) is 65.9 Å². The van der Waals surface area contributed by atoms with Crippen LogP contribution in [-0.2, 0) is 16.6 Å². The van der Waals surface area contributed by atoms with Gasteiger partial charge in [-0.3, -0.25) is 9.59 Å². The molecular formula is C28H24F3NO5. The number of carbonyl (C=O) groups excluding carboxylic acids is 2. The molecule has 1 heterocycles. The molecule has 1 fully saturated rings. The van der Waals surface area contributed by atoms with Gasteiger partial charge in [0.1, 0.15) is 11.5 Å². The normalized spacial score (nSPS) is 15.3. The third-order valence-corrected chi connectivity index (χ3v) is 6.69. The summed E-state index contributed by atoms with van der Waals surface area (Å²) in [5, 5.41) is 0. The van der Waals surface area contributed by atoms with Crippen molar-refractivity contribution in [2.45, 2.75) is 31.0 Å². The van der Waals surface area contributed by atoms with E-state index < -0.39 is 11.8 Å². The van der Waals surface area contributed by atoms with Crippen LogP contribution in [0.1, 0.15) is 34.3 Å². The molecule has 0 atom stereocenters. The van der Waals surface area contributed by atoms with Crippen molar-refractivity contribution in [2.24, 2.45) is 0 Å². The molecule has 192 valence electrons. The van der Waals surface area contributed by atoms with Crippen LogP contribution in [0.25, 0.3) is 11.1 Å². The fourth-order valence-corrected chi connectivity index (χ4v) is 4.58. The largest absolute Gasteiger partial charge is 0.573 e. The average molecular weight is 511 g/mol. The Balaban J connectivity index is 1.43. The fourth-order valence-electron chi connectivity index (χ4n) is 4.58. The number of rotatable bonds is 7. The molecule has 0 aromatic heterocycles. The summed E-state index contributed by atoms with van der Waals surface area (Å²) in [7, 11) is 3.23. The molecule has 9 heteroatoms. The van der Waals surface area contributed by atoms with Crippen LogP contribution in [0.3, 0.4) is 0 Å². The van der Waals surface area contributed by atoms with Gasteiger partial charge in [-0.2, -0.15) is 0 Å². The van der Waals surface area contributed by atoms with Crippen molar-refractivity contribution >= 4 is 11.7 Å². The van der Waals surface area contributed by atoms with Gasteiger partial charge < -0.3 is 19.1 Å². The van der Waals surface area contributed by atoms with Crippen molar-refractivity contribution in [1.82, 2.24) is 4.90 Å². The Kier molecular flexibility index (Phi) is 6.09. The molecule has 2 aliphatic rings. The minimum Gasteiger partial charge on any atom is -0.454 e. The third-order valence-electron chi connectivity index (χ3n) is 6.69. The van der Waals surface area contributed by atoms with Crippen LogP contribution in [0.4, 0.5) is 13.2 Å². The molecule has 1 aliphatic carbocycles. The number of benzene rings is 3. The summed E-state index contributed by atoms with van der Waals surface area (Å²) in [6, 6.07) is 15.9. The average Bonchev–Trinajstić information content (AvgIpc) is 3.54. The first-order valence-electron chi connectivity index (χ1n) is 11.7. The van der Waals surface area contributed by atoms with Gasteiger partial charge in [-0.25, -0.2) is 0 Å². The van der Waals surface area contributed by atoms with E-state index in [1.165, 1.54) is 23.1 Å². The van der Waals surface area contributed by atoms with Gasteiger partial charge in [0, 0.05) is 31.6 Å². The Hall–Kier alpha value is -4.01. The number of Topliss-reactive ketones (excluding diaryl/α,β-unsaturated/α-hetero) is 1. The highest BCUT2D eigenvalue weighted by Crippen LogP contribution is 2.51. The zero-order valence-electron chi connectivity index (χ0n) is 20.2. The second kappa shape index (κ2) is 9.14. The van der Waals surface area contributed by atoms with Gasteiger partial charge in [0.05, 0.1) is 5.41 Å². The number of ketones is 1. The quantitative estimate of drug-likeness (QED) is 0.418. The van der Waals surface area contributed by atoms with E-state index >= 15 is 0 Å². The number of nitrogens with zero attached hydrogens (tertiary/aromatic N) is 1. The number of fused-ring (bicyclic) bond motifs is 1. The van der Waals surface area contributed by atoms with Gasteiger partial charge in [-0.1, -0.05) is 24.3 Å². The molecule has 1 amide bonds. The minimum atomic E-state index is -4.88. The van der Waals surface area contributed by atoms with E-state index in [2.05, 4.69) is 4.74 Å². The Labute approximate surface area is 211 Å².